The fourth-order valence-corrected chi connectivity index (χ4v) is 2.91. The molecule has 140 valence electrons. The van der Waals surface area contributed by atoms with E-state index < -0.39 is 6.23 Å². The number of halogens is 1. The molecule has 0 amide bonds. The van der Waals surface area contributed by atoms with Gasteiger partial charge >= 0.3 is 5.97 Å². The first kappa shape index (κ1) is 19.8. The summed E-state index contributed by atoms with van der Waals surface area (Å²) in [5.74, 6) is 0.229. The summed E-state index contributed by atoms with van der Waals surface area (Å²) < 4.78 is 5.22. The second kappa shape index (κ2) is 9.28. The van der Waals surface area contributed by atoms with E-state index in [4.69, 9.17) is 22.1 Å². The van der Waals surface area contributed by atoms with Crippen molar-refractivity contribution in [1.29, 1.82) is 0 Å². The maximum Gasteiger partial charge on any atom is 0.320 e. The summed E-state index contributed by atoms with van der Waals surface area (Å²) in [6, 6.07) is 0.00825. The molecule has 0 bridgehead atoms. The van der Waals surface area contributed by atoms with E-state index >= 15 is 0 Å². The number of carbonyl (C=O) groups excluding carboxylic acids is 1. The van der Waals surface area contributed by atoms with Crippen LogP contribution >= 0.6 is 11.6 Å². The minimum Gasteiger partial charge on any atom is -0.464 e. The van der Waals surface area contributed by atoms with E-state index in [2.05, 4.69) is 15.3 Å². The number of nitrogens with one attached hydrogen (secondary N) is 1. The van der Waals surface area contributed by atoms with Crippen LogP contribution in [-0.4, -0.2) is 58.2 Å². The van der Waals surface area contributed by atoms with Gasteiger partial charge in [0.25, 0.3) is 0 Å². The highest BCUT2D eigenvalue weighted by Gasteiger charge is 2.25. The summed E-state index contributed by atoms with van der Waals surface area (Å²) in [4.78, 5) is 21.7. The SMILES string of the molecule is CC(C)COC(=O)CN1CCCC(NC(O)c2ncnc(N)c2Cl)C1. The smallest absolute Gasteiger partial charge is 0.320 e. The molecule has 2 rings (SSSR count). The van der Waals surface area contributed by atoms with Crippen LogP contribution < -0.4 is 11.1 Å². The molecule has 1 aliphatic heterocycles. The lowest BCUT2D eigenvalue weighted by atomic mass is 10.1. The Labute approximate surface area is 152 Å². The number of carbonyl (C=O) groups is 1. The topological polar surface area (TPSA) is 114 Å². The Morgan fingerprint density at radius 2 is 2.32 bits per heavy atom. The Morgan fingerprint density at radius 3 is 3.04 bits per heavy atom. The molecule has 0 aromatic carbocycles. The van der Waals surface area contributed by atoms with Gasteiger partial charge in [-0.2, -0.15) is 0 Å². The van der Waals surface area contributed by atoms with E-state index in [1.807, 2.05) is 18.7 Å². The molecule has 2 heterocycles. The molecule has 1 aromatic rings. The van der Waals surface area contributed by atoms with Gasteiger partial charge in [0.15, 0.2) is 0 Å². The van der Waals surface area contributed by atoms with Crippen molar-refractivity contribution in [3.63, 3.8) is 0 Å². The van der Waals surface area contributed by atoms with Gasteiger partial charge in [-0.15, -0.1) is 0 Å². The number of likely N-dealkylation sites (tertiary alicyclic amines) is 1. The Balaban J connectivity index is 1.86. The van der Waals surface area contributed by atoms with Crippen LogP contribution in [0, 0.1) is 5.92 Å². The monoisotopic (exact) mass is 371 g/mol. The number of hydrogen-bond donors (Lipinski definition) is 3. The second-order valence-corrected chi connectivity index (χ2v) is 7.06. The number of aromatic nitrogens is 2. The third-order valence-electron chi connectivity index (χ3n) is 3.93. The highest BCUT2D eigenvalue weighted by atomic mass is 35.5. The fraction of sp³-hybridized carbons (Fsp3) is 0.688. The van der Waals surface area contributed by atoms with Crippen LogP contribution in [0.25, 0.3) is 0 Å². The lowest BCUT2D eigenvalue weighted by molar-refractivity contribution is -0.146. The normalized spacial score (nSPS) is 19.8. The highest BCUT2D eigenvalue weighted by Crippen LogP contribution is 2.24. The van der Waals surface area contributed by atoms with Gasteiger partial charge in [0.05, 0.1) is 13.2 Å². The van der Waals surface area contributed by atoms with E-state index in [1.54, 1.807) is 0 Å². The lowest BCUT2D eigenvalue weighted by Gasteiger charge is -2.33. The quantitative estimate of drug-likeness (QED) is 0.479. The molecule has 1 saturated heterocycles. The summed E-state index contributed by atoms with van der Waals surface area (Å²) >= 11 is 6.04. The van der Waals surface area contributed by atoms with E-state index in [1.165, 1.54) is 6.33 Å². The zero-order valence-electron chi connectivity index (χ0n) is 14.6. The number of rotatable bonds is 7. The number of hydrogen-bond acceptors (Lipinski definition) is 8. The van der Waals surface area contributed by atoms with Gasteiger partial charge in [-0.1, -0.05) is 25.4 Å². The zero-order valence-corrected chi connectivity index (χ0v) is 15.4. The molecular formula is C16H26ClN5O3. The molecule has 0 saturated carbocycles. The number of ether oxygens (including phenoxy) is 1. The number of esters is 1. The van der Waals surface area contributed by atoms with Crippen molar-refractivity contribution >= 4 is 23.4 Å². The van der Waals surface area contributed by atoms with Crippen LogP contribution in [0.4, 0.5) is 5.82 Å². The highest BCUT2D eigenvalue weighted by molar-refractivity contribution is 6.33. The Bertz CT molecular complexity index is 587. The first-order chi connectivity index (χ1) is 11.9. The molecule has 1 aliphatic rings. The second-order valence-electron chi connectivity index (χ2n) is 6.68. The summed E-state index contributed by atoms with van der Waals surface area (Å²) in [5, 5.41) is 13.6. The third kappa shape index (κ3) is 6.07. The molecule has 2 atom stereocenters. The molecule has 9 heteroatoms. The molecule has 0 aliphatic carbocycles. The van der Waals surface area contributed by atoms with Crippen molar-refractivity contribution < 1.29 is 14.6 Å². The van der Waals surface area contributed by atoms with Crippen molar-refractivity contribution in [2.75, 3.05) is 32.0 Å². The van der Waals surface area contributed by atoms with Crippen LogP contribution in [0.5, 0.6) is 0 Å². The van der Waals surface area contributed by atoms with Gasteiger partial charge in [-0.25, -0.2) is 9.97 Å². The molecule has 0 spiro atoms. The minimum atomic E-state index is -1.05. The zero-order chi connectivity index (χ0) is 18.4. The van der Waals surface area contributed by atoms with Gasteiger partial charge in [-0.3, -0.25) is 15.0 Å². The van der Waals surface area contributed by atoms with Crippen molar-refractivity contribution in [2.24, 2.45) is 5.92 Å². The van der Waals surface area contributed by atoms with Crippen molar-refractivity contribution in [2.45, 2.75) is 39.0 Å². The summed E-state index contributed by atoms with van der Waals surface area (Å²) in [5.41, 5.74) is 5.89. The molecule has 1 aromatic heterocycles. The Hall–Kier alpha value is -1.48. The van der Waals surface area contributed by atoms with Crippen LogP contribution in [0.2, 0.25) is 5.02 Å². The maximum atomic E-state index is 11.9. The number of aliphatic hydroxyl groups is 1. The Morgan fingerprint density at radius 1 is 1.56 bits per heavy atom. The van der Waals surface area contributed by atoms with Gasteiger partial charge < -0.3 is 15.6 Å². The van der Waals surface area contributed by atoms with Crippen LogP contribution in [-0.2, 0) is 9.53 Å². The number of piperidine rings is 1. The number of nitrogens with two attached hydrogens (primary N) is 1. The van der Waals surface area contributed by atoms with Crippen LogP contribution in [0.3, 0.4) is 0 Å². The maximum absolute atomic E-state index is 11.9. The van der Waals surface area contributed by atoms with E-state index in [-0.39, 0.29) is 35.1 Å². The molecule has 4 N–H and O–H groups in total. The largest absolute Gasteiger partial charge is 0.464 e. The molecule has 25 heavy (non-hydrogen) atoms. The number of aliphatic hydroxyl groups excluding tert-OH is 1. The number of anilines is 1. The van der Waals surface area contributed by atoms with E-state index in [9.17, 15) is 9.90 Å². The molecule has 2 unspecified atom stereocenters. The number of nitrogens with zero attached hydrogens (tertiary/aromatic N) is 3. The Kier molecular flexibility index (Phi) is 7.37. The fourth-order valence-electron chi connectivity index (χ4n) is 2.71. The summed E-state index contributed by atoms with van der Waals surface area (Å²) in [6.45, 7) is 6.14. The van der Waals surface area contributed by atoms with Crippen molar-refractivity contribution in [3.05, 3.63) is 17.0 Å². The minimum absolute atomic E-state index is 0.00825. The standard InChI is InChI=1S/C16H26ClN5O3/c1-10(2)8-25-12(23)7-22-5-3-4-11(6-22)21-16(24)14-13(17)15(18)20-9-19-14/h9-11,16,21,24H,3-8H2,1-2H3,(H2,18,19,20). The van der Waals surface area contributed by atoms with E-state index in [0.29, 0.717) is 19.1 Å². The van der Waals surface area contributed by atoms with Gasteiger partial charge in [0.1, 0.15) is 29.1 Å². The first-order valence-corrected chi connectivity index (χ1v) is 8.82. The average molecular weight is 372 g/mol. The van der Waals surface area contributed by atoms with E-state index in [0.717, 1.165) is 19.4 Å². The average Bonchev–Trinajstić information content (AvgIpc) is 2.55. The van der Waals surface area contributed by atoms with Gasteiger partial charge in [0.2, 0.25) is 0 Å². The first-order valence-electron chi connectivity index (χ1n) is 8.44. The summed E-state index contributed by atoms with van der Waals surface area (Å²) in [7, 11) is 0. The van der Waals surface area contributed by atoms with Crippen molar-refractivity contribution in [1.82, 2.24) is 20.2 Å². The van der Waals surface area contributed by atoms with Crippen molar-refractivity contribution in [3.8, 4) is 0 Å². The van der Waals surface area contributed by atoms with Gasteiger partial charge in [0, 0.05) is 12.6 Å². The molecule has 0 radical (unpaired) electrons. The molecule has 1 fully saturated rings. The summed E-state index contributed by atoms with van der Waals surface area (Å²) in [6.07, 6.45) is 2.02. The molecular weight excluding hydrogens is 346 g/mol. The third-order valence-corrected chi connectivity index (χ3v) is 4.32. The predicted molar refractivity (Wildman–Crippen MR) is 94.8 cm³/mol. The lowest BCUT2D eigenvalue weighted by Crippen LogP contribution is -2.48. The van der Waals surface area contributed by atoms with Gasteiger partial charge in [-0.05, 0) is 25.3 Å². The van der Waals surface area contributed by atoms with Crippen LogP contribution in [0.1, 0.15) is 38.6 Å². The predicted octanol–water partition coefficient (Wildman–Crippen LogP) is 0.956. The van der Waals surface area contributed by atoms with Crippen LogP contribution in [0.15, 0.2) is 6.33 Å². The number of nitrogen functional groups attached to an aromatic ring is 1. The molecule has 8 nitrogen and oxygen atoms in total.